The number of aliphatic hydroxyl groups is 3. The van der Waals surface area contributed by atoms with Crippen molar-refractivity contribution >= 4 is 14.2 Å². The average molecular weight is 501 g/mol. The van der Waals surface area contributed by atoms with Crippen LogP contribution in [0.1, 0.15) is 45.2 Å². The van der Waals surface area contributed by atoms with Crippen molar-refractivity contribution < 1.29 is 29.4 Å². The molecule has 0 heterocycles. The van der Waals surface area contributed by atoms with Gasteiger partial charge in [-0.25, -0.2) is 0 Å². The summed E-state index contributed by atoms with van der Waals surface area (Å²) in [5.41, 5.74) is 7.26. The van der Waals surface area contributed by atoms with Gasteiger partial charge in [-0.1, -0.05) is 58.4 Å². The first-order valence-electron chi connectivity index (χ1n) is 12.3. The van der Waals surface area contributed by atoms with Gasteiger partial charge in [-0.15, -0.1) is 0 Å². The molecule has 5 N–H and O–H groups in total. The summed E-state index contributed by atoms with van der Waals surface area (Å²) in [4.78, 5) is 3.49. The number of aliphatic hydroxyl groups excluding tert-OH is 3. The molecular weight excluding hydrogens is 459 g/mol. The fourth-order valence-corrected chi connectivity index (χ4v) is 3.01. The third-order valence-electron chi connectivity index (χ3n) is 5.25. The van der Waals surface area contributed by atoms with E-state index in [1.807, 2.05) is 48.5 Å². The standard InChI is InChI=1S/C24H34BN2O6.C3H8/c1-24(2,18-6-10-22(11-7-18)32-16-23(30)27-3)17-4-8-21(9-5-17)31-14-19(28)12-25-33-15-20(29)13-26;1-3-2/h4-11,19-20,23,28-30H,3,12-16,26H2,1-2H3;3H2,1-2H3. The number of hydrogen-bond acceptors (Lipinski definition) is 8. The van der Waals surface area contributed by atoms with Crippen LogP contribution in [-0.2, 0) is 10.1 Å². The Labute approximate surface area is 216 Å². The highest BCUT2D eigenvalue weighted by atomic mass is 16.5. The maximum absolute atomic E-state index is 10.0. The minimum atomic E-state index is -0.940. The molecule has 36 heavy (non-hydrogen) atoms. The predicted molar refractivity (Wildman–Crippen MR) is 145 cm³/mol. The van der Waals surface area contributed by atoms with Gasteiger partial charge in [0.2, 0.25) is 0 Å². The summed E-state index contributed by atoms with van der Waals surface area (Å²) in [7, 11) is 1.45. The summed E-state index contributed by atoms with van der Waals surface area (Å²) in [6.07, 6.45) is -0.840. The molecular formula is C27H42BN2O6. The lowest BCUT2D eigenvalue weighted by atomic mass is 9.78. The normalized spacial score (nSPS) is 13.6. The Kier molecular flexibility index (Phi) is 15.0. The zero-order valence-electron chi connectivity index (χ0n) is 22.0. The molecule has 0 spiro atoms. The Bertz CT molecular complexity index is 848. The van der Waals surface area contributed by atoms with Gasteiger partial charge in [0, 0.05) is 12.0 Å². The summed E-state index contributed by atoms with van der Waals surface area (Å²) in [6, 6.07) is 15.5. The van der Waals surface area contributed by atoms with E-state index in [4.69, 9.17) is 19.9 Å². The van der Waals surface area contributed by atoms with Crippen LogP contribution in [0.3, 0.4) is 0 Å². The van der Waals surface area contributed by atoms with Gasteiger partial charge in [-0.3, -0.25) is 4.99 Å². The van der Waals surface area contributed by atoms with Gasteiger partial charge in [0.15, 0.2) is 6.23 Å². The third-order valence-corrected chi connectivity index (χ3v) is 5.25. The van der Waals surface area contributed by atoms with Gasteiger partial charge in [0.25, 0.3) is 7.48 Å². The van der Waals surface area contributed by atoms with Crippen molar-refractivity contribution in [2.45, 2.75) is 64.3 Å². The number of nitrogens with zero attached hydrogens (tertiary/aromatic N) is 1. The van der Waals surface area contributed by atoms with Crippen LogP contribution >= 0.6 is 0 Å². The van der Waals surface area contributed by atoms with Crippen molar-refractivity contribution in [3.8, 4) is 11.5 Å². The Morgan fingerprint density at radius 2 is 1.33 bits per heavy atom. The molecule has 0 saturated heterocycles. The SMILES string of the molecule is C=NC(O)COc1ccc(C(C)(C)c2ccc(OCC(O)C[B]OCC(O)CN)cc2)cc1.CCC. The second-order valence-corrected chi connectivity index (χ2v) is 8.95. The summed E-state index contributed by atoms with van der Waals surface area (Å²) in [5, 5.41) is 28.7. The molecule has 9 heteroatoms. The second-order valence-electron chi connectivity index (χ2n) is 8.95. The van der Waals surface area contributed by atoms with Crippen molar-refractivity contribution in [2.24, 2.45) is 10.7 Å². The quantitative estimate of drug-likeness (QED) is 0.168. The highest BCUT2D eigenvalue weighted by Gasteiger charge is 2.23. The number of benzene rings is 2. The maximum atomic E-state index is 10.0. The summed E-state index contributed by atoms with van der Waals surface area (Å²) in [6.45, 7) is 12.2. The molecule has 0 aromatic heterocycles. The zero-order chi connectivity index (χ0) is 27.0. The van der Waals surface area contributed by atoms with E-state index in [1.54, 1.807) is 0 Å². The van der Waals surface area contributed by atoms with E-state index in [0.29, 0.717) is 11.5 Å². The van der Waals surface area contributed by atoms with Crippen molar-refractivity contribution in [3.05, 3.63) is 59.7 Å². The largest absolute Gasteiger partial charge is 0.491 e. The molecule has 1 radical (unpaired) electrons. The topological polar surface area (TPSA) is 127 Å². The lowest BCUT2D eigenvalue weighted by Crippen LogP contribution is -2.27. The van der Waals surface area contributed by atoms with E-state index in [9.17, 15) is 15.3 Å². The first-order valence-corrected chi connectivity index (χ1v) is 12.3. The van der Waals surface area contributed by atoms with Crippen molar-refractivity contribution in [1.82, 2.24) is 0 Å². The number of ether oxygens (including phenoxy) is 2. The Morgan fingerprint density at radius 3 is 1.78 bits per heavy atom. The van der Waals surface area contributed by atoms with Gasteiger partial charge >= 0.3 is 0 Å². The maximum Gasteiger partial charge on any atom is 0.295 e. The molecule has 0 amide bonds. The Balaban J connectivity index is 0.00000205. The molecule has 0 fully saturated rings. The fraction of sp³-hybridized carbons (Fsp3) is 0.519. The molecule has 3 atom stereocenters. The van der Waals surface area contributed by atoms with Crippen molar-refractivity contribution in [2.75, 3.05) is 26.4 Å². The molecule has 0 saturated carbocycles. The van der Waals surface area contributed by atoms with Crippen LogP contribution in [-0.4, -0.2) is 74.3 Å². The third kappa shape index (κ3) is 11.5. The lowest BCUT2D eigenvalue weighted by molar-refractivity contribution is 0.104. The second kappa shape index (κ2) is 17.1. The Hall–Kier alpha value is -2.43. The minimum Gasteiger partial charge on any atom is -0.491 e. The first-order chi connectivity index (χ1) is 17.2. The van der Waals surface area contributed by atoms with Crippen LogP contribution in [0.5, 0.6) is 11.5 Å². The average Bonchev–Trinajstić information content (AvgIpc) is 2.89. The monoisotopic (exact) mass is 501 g/mol. The van der Waals surface area contributed by atoms with Crippen LogP contribution in [0.2, 0.25) is 6.32 Å². The van der Waals surface area contributed by atoms with E-state index in [0.717, 1.165) is 11.1 Å². The number of aliphatic imine (C=N–C) groups is 1. The van der Waals surface area contributed by atoms with E-state index in [-0.39, 0.29) is 38.1 Å². The van der Waals surface area contributed by atoms with E-state index >= 15 is 0 Å². The highest BCUT2D eigenvalue weighted by Crippen LogP contribution is 2.33. The van der Waals surface area contributed by atoms with Crippen LogP contribution in [0.15, 0.2) is 53.5 Å². The van der Waals surface area contributed by atoms with Gasteiger partial charge in [0.05, 0.1) is 18.8 Å². The van der Waals surface area contributed by atoms with Crippen molar-refractivity contribution in [3.63, 3.8) is 0 Å². The van der Waals surface area contributed by atoms with Gasteiger partial charge in [-0.2, -0.15) is 0 Å². The summed E-state index contributed by atoms with van der Waals surface area (Å²) >= 11 is 0. The molecule has 2 aromatic rings. The van der Waals surface area contributed by atoms with Crippen molar-refractivity contribution in [1.29, 1.82) is 0 Å². The lowest BCUT2D eigenvalue weighted by Gasteiger charge is -2.26. The Morgan fingerprint density at radius 1 is 0.861 bits per heavy atom. The number of nitrogens with two attached hydrogens (primary N) is 1. The molecule has 2 rings (SSSR count). The molecule has 0 aliphatic carbocycles. The number of rotatable bonds is 15. The van der Waals surface area contributed by atoms with Crippen LogP contribution in [0.4, 0.5) is 0 Å². The molecule has 8 nitrogen and oxygen atoms in total. The van der Waals surface area contributed by atoms with Crippen LogP contribution in [0.25, 0.3) is 0 Å². The molecule has 2 aromatic carbocycles. The van der Waals surface area contributed by atoms with Gasteiger partial charge in [0.1, 0.15) is 24.7 Å². The fourth-order valence-electron chi connectivity index (χ4n) is 3.01. The molecule has 3 unspecified atom stereocenters. The molecule has 0 aliphatic heterocycles. The molecule has 199 valence electrons. The highest BCUT2D eigenvalue weighted by molar-refractivity contribution is 6.27. The zero-order valence-corrected chi connectivity index (χ0v) is 22.0. The van der Waals surface area contributed by atoms with Crippen LogP contribution in [0, 0.1) is 0 Å². The first kappa shape index (κ1) is 31.6. The van der Waals surface area contributed by atoms with E-state index in [1.165, 1.54) is 13.9 Å². The molecule has 0 aliphatic rings. The smallest absolute Gasteiger partial charge is 0.295 e. The summed E-state index contributed by atoms with van der Waals surface area (Å²) < 4.78 is 16.3. The van der Waals surface area contributed by atoms with E-state index in [2.05, 4.69) is 39.4 Å². The van der Waals surface area contributed by atoms with E-state index < -0.39 is 18.4 Å². The van der Waals surface area contributed by atoms with Crippen LogP contribution < -0.4 is 15.2 Å². The predicted octanol–water partition coefficient (Wildman–Crippen LogP) is 2.94. The number of hydrogen-bond donors (Lipinski definition) is 4. The minimum absolute atomic E-state index is 0.0604. The summed E-state index contributed by atoms with van der Waals surface area (Å²) in [5.74, 6) is 1.31. The van der Waals surface area contributed by atoms with Gasteiger partial charge in [-0.05, 0) is 48.4 Å². The van der Waals surface area contributed by atoms with Gasteiger partial charge < -0.3 is 35.2 Å². The molecule has 0 bridgehead atoms.